The van der Waals surface area contributed by atoms with Crippen molar-refractivity contribution in [3.63, 3.8) is 0 Å². The van der Waals surface area contributed by atoms with Gasteiger partial charge in [-0.1, -0.05) is 36.4 Å². The normalized spacial score (nSPS) is 18.2. The largest absolute Gasteiger partial charge is 0.338 e. The van der Waals surface area contributed by atoms with Crippen molar-refractivity contribution in [2.75, 3.05) is 37.6 Å². The summed E-state index contributed by atoms with van der Waals surface area (Å²) in [5.74, 6) is 0.0676. The van der Waals surface area contributed by atoms with Crippen molar-refractivity contribution in [1.82, 2.24) is 20.0 Å². The number of H-pyrrole nitrogens is 1. The van der Waals surface area contributed by atoms with Gasteiger partial charge in [0.1, 0.15) is 0 Å². The number of nitrogens with zero attached hydrogens (tertiary/aromatic N) is 4. The van der Waals surface area contributed by atoms with E-state index < -0.39 is 0 Å². The molecule has 2 aromatic carbocycles. The molecule has 0 spiro atoms. The van der Waals surface area contributed by atoms with Crippen molar-refractivity contribution in [3.05, 3.63) is 83.2 Å². The summed E-state index contributed by atoms with van der Waals surface area (Å²) in [6.07, 6.45) is 4.89. The third kappa shape index (κ3) is 4.86. The smallest absolute Gasteiger partial charge is 0.261 e. The van der Waals surface area contributed by atoms with Crippen molar-refractivity contribution in [2.45, 2.75) is 38.6 Å². The van der Waals surface area contributed by atoms with Crippen LogP contribution in [-0.4, -0.2) is 64.5 Å². The number of carbonyl (C=O) groups excluding carboxylic acids is 2. The first kappa shape index (κ1) is 23.3. The maximum Gasteiger partial charge on any atom is 0.261 e. The predicted molar refractivity (Wildman–Crippen MR) is 137 cm³/mol. The Kier molecular flexibility index (Phi) is 6.95. The number of aromatic nitrogens is 2. The summed E-state index contributed by atoms with van der Waals surface area (Å²) >= 11 is 0. The van der Waals surface area contributed by atoms with Crippen molar-refractivity contribution in [3.8, 4) is 0 Å². The predicted octanol–water partition coefficient (Wildman–Crippen LogP) is 4.30. The Hall–Kier alpha value is -3.45. The van der Waals surface area contributed by atoms with Crippen LogP contribution in [0.3, 0.4) is 0 Å². The van der Waals surface area contributed by atoms with E-state index in [2.05, 4.69) is 21.2 Å². The van der Waals surface area contributed by atoms with Crippen LogP contribution < -0.4 is 4.90 Å². The molecule has 0 bridgehead atoms. The van der Waals surface area contributed by atoms with Crippen LogP contribution in [0.15, 0.2) is 60.8 Å². The maximum absolute atomic E-state index is 13.5. The Morgan fingerprint density at radius 2 is 1.74 bits per heavy atom. The topological polar surface area (TPSA) is 72.5 Å². The third-order valence-electron chi connectivity index (χ3n) is 7.25. The summed E-state index contributed by atoms with van der Waals surface area (Å²) in [6, 6.07) is 17.7. The molecule has 35 heavy (non-hydrogen) atoms. The lowest BCUT2D eigenvalue weighted by Gasteiger charge is -2.22. The quantitative estimate of drug-likeness (QED) is 0.558. The van der Waals surface area contributed by atoms with Crippen molar-refractivity contribution in [1.29, 1.82) is 0 Å². The van der Waals surface area contributed by atoms with Gasteiger partial charge in [0.2, 0.25) is 0 Å². The number of rotatable bonds is 7. The highest BCUT2D eigenvalue weighted by Gasteiger charge is 2.33. The number of para-hydroxylation sites is 1. The van der Waals surface area contributed by atoms with Crippen LogP contribution in [0.25, 0.3) is 0 Å². The van der Waals surface area contributed by atoms with E-state index in [4.69, 9.17) is 0 Å². The van der Waals surface area contributed by atoms with Gasteiger partial charge in [0.15, 0.2) is 0 Å². The lowest BCUT2D eigenvalue weighted by atomic mass is 10.00. The summed E-state index contributed by atoms with van der Waals surface area (Å²) < 4.78 is 0. The molecule has 1 N–H and O–H groups in total. The Morgan fingerprint density at radius 1 is 1.00 bits per heavy atom. The Morgan fingerprint density at radius 3 is 2.51 bits per heavy atom. The lowest BCUT2D eigenvalue weighted by Crippen LogP contribution is -2.32. The van der Waals surface area contributed by atoms with E-state index in [0.717, 1.165) is 48.6 Å². The van der Waals surface area contributed by atoms with Crippen LogP contribution in [0, 0.1) is 0 Å². The highest BCUT2D eigenvalue weighted by Crippen LogP contribution is 2.31. The highest BCUT2D eigenvalue weighted by atomic mass is 16.2. The van der Waals surface area contributed by atoms with E-state index in [1.807, 2.05) is 60.4 Å². The van der Waals surface area contributed by atoms with Crippen LogP contribution in [0.4, 0.5) is 5.69 Å². The van der Waals surface area contributed by atoms with Gasteiger partial charge >= 0.3 is 0 Å². The fraction of sp³-hybridized carbons (Fsp3) is 0.393. The first-order valence-electron chi connectivity index (χ1n) is 12.7. The molecule has 0 unspecified atom stereocenters. The summed E-state index contributed by atoms with van der Waals surface area (Å²) in [5.41, 5.74) is 4.17. The van der Waals surface area contributed by atoms with Gasteiger partial charge in [0.25, 0.3) is 11.8 Å². The fourth-order valence-corrected chi connectivity index (χ4v) is 5.37. The number of hydrogen-bond acceptors (Lipinski definition) is 4. The Bertz CT molecular complexity index is 1170. The molecule has 5 rings (SSSR count). The molecule has 0 aliphatic carbocycles. The van der Waals surface area contributed by atoms with Crippen LogP contribution in [-0.2, 0) is 6.54 Å². The molecular formula is C28H33N5O2. The number of hydrogen-bond donors (Lipinski definition) is 1. The molecule has 0 radical (unpaired) electrons. The van der Waals surface area contributed by atoms with Crippen LogP contribution >= 0.6 is 0 Å². The second-order valence-electron chi connectivity index (χ2n) is 9.46. The molecule has 3 heterocycles. The van der Waals surface area contributed by atoms with Crippen LogP contribution in [0.1, 0.15) is 64.1 Å². The Balaban J connectivity index is 1.31. The van der Waals surface area contributed by atoms with Crippen molar-refractivity contribution in [2.24, 2.45) is 0 Å². The molecule has 3 aromatic rings. The lowest BCUT2D eigenvalue weighted by molar-refractivity contribution is 0.0788. The van der Waals surface area contributed by atoms with Gasteiger partial charge in [-0.25, -0.2) is 0 Å². The van der Waals surface area contributed by atoms with Gasteiger partial charge in [-0.3, -0.25) is 19.6 Å². The number of benzene rings is 2. The molecule has 7 heteroatoms. The number of carbonyl (C=O) groups is 2. The molecule has 2 fully saturated rings. The van der Waals surface area contributed by atoms with Crippen molar-refractivity contribution >= 4 is 17.5 Å². The van der Waals surface area contributed by atoms with Gasteiger partial charge in [0.05, 0.1) is 17.5 Å². The molecule has 182 valence electrons. The summed E-state index contributed by atoms with van der Waals surface area (Å²) in [4.78, 5) is 33.1. The fourth-order valence-electron chi connectivity index (χ4n) is 5.37. The molecule has 7 nitrogen and oxygen atoms in total. The zero-order valence-electron chi connectivity index (χ0n) is 20.3. The van der Waals surface area contributed by atoms with Gasteiger partial charge < -0.3 is 9.80 Å². The minimum Gasteiger partial charge on any atom is -0.338 e. The molecule has 0 saturated carbocycles. The van der Waals surface area contributed by atoms with Crippen LogP contribution in [0.5, 0.6) is 0 Å². The second-order valence-corrected chi connectivity index (χ2v) is 9.46. The molecule has 2 saturated heterocycles. The maximum atomic E-state index is 13.5. The average molecular weight is 472 g/mol. The minimum atomic E-state index is -0.0665. The van der Waals surface area contributed by atoms with E-state index in [1.165, 1.54) is 12.8 Å². The van der Waals surface area contributed by atoms with E-state index in [-0.39, 0.29) is 17.7 Å². The van der Waals surface area contributed by atoms with Crippen molar-refractivity contribution < 1.29 is 9.59 Å². The van der Waals surface area contributed by atoms with Gasteiger partial charge in [0, 0.05) is 43.3 Å². The molecule has 2 amide bonds. The zero-order chi connectivity index (χ0) is 24.2. The molecule has 2 aliphatic rings. The molecule has 1 atom stereocenters. The molecule has 2 aliphatic heterocycles. The van der Waals surface area contributed by atoms with E-state index >= 15 is 0 Å². The zero-order valence-corrected chi connectivity index (χ0v) is 20.3. The minimum absolute atomic E-state index is 0.0561. The van der Waals surface area contributed by atoms with Gasteiger partial charge in [-0.15, -0.1) is 0 Å². The molecule has 1 aromatic heterocycles. The second kappa shape index (κ2) is 10.4. The summed E-state index contributed by atoms with van der Waals surface area (Å²) in [7, 11) is 0. The Labute approximate surface area is 206 Å². The average Bonchev–Trinajstić information content (AvgIpc) is 3.67. The van der Waals surface area contributed by atoms with E-state index in [9.17, 15) is 9.59 Å². The number of likely N-dealkylation sites (tertiary alicyclic amines) is 2. The third-order valence-corrected chi connectivity index (χ3v) is 7.25. The van der Waals surface area contributed by atoms with E-state index in [1.54, 1.807) is 11.1 Å². The van der Waals surface area contributed by atoms with E-state index in [0.29, 0.717) is 25.2 Å². The first-order valence-corrected chi connectivity index (χ1v) is 12.7. The number of anilines is 1. The standard InChI is InChI=1S/C28H33N5O2/c1-2-33(23-11-4-3-5-12-23)28(35)25-18-29-30-26(25)22-14-17-32(20-22)27(34)24-13-7-6-10-21(24)19-31-15-8-9-16-31/h3-7,10-13,18,22H,2,8-9,14-17,19-20H2,1H3,(H,29,30)/t22-/m0/s1. The number of aromatic amines is 1. The monoisotopic (exact) mass is 471 g/mol. The highest BCUT2D eigenvalue weighted by molar-refractivity contribution is 6.06. The first-order chi connectivity index (χ1) is 17.2. The SMILES string of the molecule is CCN(C(=O)c1cn[nH]c1[C@H]1CCN(C(=O)c2ccccc2CN2CCCC2)C1)c1ccccc1. The number of amides is 2. The molecular weight excluding hydrogens is 438 g/mol. The summed E-state index contributed by atoms with van der Waals surface area (Å²) in [5, 5.41) is 7.29. The van der Waals surface area contributed by atoms with Gasteiger partial charge in [-0.2, -0.15) is 5.10 Å². The number of nitrogens with one attached hydrogen (secondary N) is 1. The van der Waals surface area contributed by atoms with Crippen LogP contribution in [0.2, 0.25) is 0 Å². The summed E-state index contributed by atoms with van der Waals surface area (Å²) in [6.45, 7) is 6.81. The van der Waals surface area contributed by atoms with Gasteiger partial charge in [-0.05, 0) is 63.0 Å².